The fraction of sp³-hybridized carbons (Fsp3) is 1.00. The summed E-state index contributed by atoms with van der Waals surface area (Å²) in [7, 11) is 0. The normalized spacial score (nSPS) is 13.1. The van der Waals surface area contributed by atoms with Crippen LogP contribution in [-0.4, -0.2) is 11.2 Å². The molecule has 0 aromatic heterocycles. The lowest BCUT2D eigenvalue weighted by molar-refractivity contribution is 0.180. The molecule has 0 heterocycles. The van der Waals surface area contributed by atoms with Gasteiger partial charge in [-0.1, -0.05) is 97.3 Å². The van der Waals surface area contributed by atoms with Crippen molar-refractivity contribution >= 4 is 0 Å². The van der Waals surface area contributed by atoms with Crippen LogP contribution < -0.4 is 0 Å². The van der Waals surface area contributed by atoms with Crippen molar-refractivity contribution in [2.75, 3.05) is 0 Å². The van der Waals surface area contributed by atoms with E-state index in [-0.39, 0.29) is 6.10 Å². The lowest BCUT2D eigenvalue weighted by Gasteiger charge is -2.05. The molecular formula is C19H40O. The molecule has 0 rings (SSSR count). The summed E-state index contributed by atoms with van der Waals surface area (Å²) in [5.74, 6) is 0.885. The third-order valence-corrected chi connectivity index (χ3v) is 4.15. The lowest BCUT2D eigenvalue weighted by Crippen LogP contribution is -1.98. The molecule has 0 radical (unpaired) electrons. The molecular weight excluding hydrogens is 244 g/mol. The van der Waals surface area contributed by atoms with Crippen molar-refractivity contribution in [1.82, 2.24) is 0 Å². The van der Waals surface area contributed by atoms with Gasteiger partial charge in [-0.15, -0.1) is 0 Å². The van der Waals surface area contributed by atoms with E-state index in [1.54, 1.807) is 0 Å². The summed E-state index contributed by atoms with van der Waals surface area (Å²) in [6, 6.07) is 0. The van der Waals surface area contributed by atoms with E-state index in [1.807, 2.05) is 6.92 Å². The zero-order valence-corrected chi connectivity index (χ0v) is 14.5. The fourth-order valence-electron chi connectivity index (χ4n) is 2.76. The van der Waals surface area contributed by atoms with Gasteiger partial charge in [0.05, 0.1) is 6.10 Å². The van der Waals surface area contributed by atoms with Crippen LogP contribution in [0, 0.1) is 5.92 Å². The third-order valence-electron chi connectivity index (χ3n) is 4.15. The Morgan fingerprint density at radius 2 is 0.800 bits per heavy atom. The van der Waals surface area contributed by atoms with Crippen molar-refractivity contribution in [1.29, 1.82) is 0 Å². The second kappa shape index (κ2) is 15.4. The predicted octanol–water partition coefficient (Wildman–Crippen LogP) is 6.48. The highest BCUT2D eigenvalue weighted by atomic mass is 16.3. The van der Waals surface area contributed by atoms with Gasteiger partial charge in [0.1, 0.15) is 0 Å². The van der Waals surface area contributed by atoms with Crippen LogP contribution >= 0.6 is 0 Å². The maximum atomic E-state index is 9.16. The van der Waals surface area contributed by atoms with Crippen LogP contribution in [0.5, 0.6) is 0 Å². The zero-order chi connectivity index (χ0) is 15.1. The minimum Gasteiger partial charge on any atom is -0.393 e. The summed E-state index contributed by atoms with van der Waals surface area (Å²) in [5, 5.41) is 9.16. The molecule has 0 aliphatic heterocycles. The maximum absolute atomic E-state index is 9.16. The first kappa shape index (κ1) is 20.0. The SMILES string of the molecule is CC(C)CCCCCCCCCCCCCCC(C)O. The van der Waals surface area contributed by atoms with E-state index in [2.05, 4.69) is 13.8 Å². The number of unbranched alkanes of at least 4 members (excludes halogenated alkanes) is 11. The molecule has 1 nitrogen and oxygen atoms in total. The van der Waals surface area contributed by atoms with Crippen LogP contribution in [0.1, 0.15) is 111 Å². The Morgan fingerprint density at radius 1 is 0.500 bits per heavy atom. The van der Waals surface area contributed by atoms with Crippen molar-refractivity contribution in [2.24, 2.45) is 5.92 Å². The number of aliphatic hydroxyl groups excluding tert-OH is 1. The molecule has 0 amide bonds. The maximum Gasteiger partial charge on any atom is 0.0512 e. The minimum atomic E-state index is -0.101. The first-order chi connectivity index (χ1) is 9.63. The molecule has 0 spiro atoms. The Balaban J connectivity index is 2.96. The zero-order valence-electron chi connectivity index (χ0n) is 14.5. The topological polar surface area (TPSA) is 20.2 Å². The average molecular weight is 285 g/mol. The molecule has 1 heteroatoms. The van der Waals surface area contributed by atoms with Crippen molar-refractivity contribution in [3.8, 4) is 0 Å². The van der Waals surface area contributed by atoms with Gasteiger partial charge in [-0.2, -0.15) is 0 Å². The predicted molar refractivity (Wildman–Crippen MR) is 91.2 cm³/mol. The quantitative estimate of drug-likeness (QED) is 0.341. The van der Waals surface area contributed by atoms with E-state index in [0.29, 0.717) is 0 Å². The molecule has 0 bridgehead atoms. The highest BCUT2D eigenvalue weighted by Gasteiger charge is 1.97. The van der Waals surface area contributed by atoms with Crippen LogP contribution in [0.2, 0.25) is 0 Å². The van der Waals surface area contributed by atoms with Gasteiger partial charge in [-0.25, -0.2) is 0 Å². The summed E-state index contributed by atoms with van der Waals surface area (Å²) in [6.07, 6.45) is 19.1. The first-order valence-corrected chi connectivity index (χ1v) is 9.31. The molecule has 0 aliphatic rings. The fourth-order valence-corrected chi connectivity index (χ4v) is 2.76. The summed E-state index contributed by atoms with van der Waals surface area (Å²) in [4.78, 5) is 0. The lowest BCUT2D eigenvalue weighted by atomic mass is 10.0. The van der Waals surface area contributed by atoms with Crippen molar-refractivity contribution in [3.05, 3.63) is 0 Å². The number of hydrogen-bond donors (Lipinski definition) is 1. The van der Waals surface area contributed by atoms with Gasteiger partial charge >= 0.3 is 0 Å². The minimum absolute atomic E-state index is 0.101. The number of hydrogen-bond acceptors (Lipinski definition) is 1. The third kappa shape index (κ3) is 18.0. The number of rotatable bonds is 15. The average Bonchev–Trinajstić information content (AvgIpc) is 2.38. The smallest absolute Gasteiger partial charge is 0.0512 e. The Bertz CT molecular complexity index is 155. The molecule has 1 atom stereocenters. The van der Waals surface area contributed by atoms with Crippen LogP contribution in [0.25, 0.3) is 0 Å². The van der Waals surface area contributed by atoms with E-state index in [4.69, 9.17) is 5.11 Å². The summed E-state index contributed by atoms with van der Waals surface area (Å²) < 4.78 is 0. The van der Waals surface area contributed by atoms with Gasteiger partial charge < -0.3 is 5.11 Å². The summed E-state index contributed by atoms with van der Waals surface area (Å²) in [6.45, 7) is 6.54. The standard InChI is InChI=1S/C19H40O/c1-18(2)16-14-12-10-8-6-4-5-7-9-11-13-15-17-19(3)20/h18-20H,4-17H2,1-3H3. The van der Waals surface area contributed by atoms with Gasteiger partial charge in [0.15, 0.2) is 0 Å². The van der Waals surface area contributed by atoms with Gasteiger partial charge in [0.2, 0.25) is 0 Å². The summed E-state index contributed by atoms with van der Waals surface area (Å²) >= 11 is 0. The molecule has 0 aromatic rings. The van der Waals surface area contributed by atoms with Crippen LogP contribution in [0.3, 0.4) is 0 Å². The Labute approximate surface area is 128 Å². The first-order valence-electron chi connectivity index (χ1n) is 9.31. The van der Waals surface area contributed by atoms with Crippen molar-refractivity contribution < 1.29 is 5.11 Å². The van der Waals surface area contributed by atoms with Gasteiger partial charge in [-0.3, -0.25) is 0 Å². The van der Waals surface area contributed by atoms with Gasteiger partial charge in [0.25, 0.3) is 0 Å². The molecule has 0 aromatic carbocycles. The molecule has 20 heavy (non-hydrogen) atoms. The molecule has 0 fully saturated rings. The second-order valence-corrected chi connectivity index (χ2v) is 7.06. The molecule has 0 saturated carbocycles. The van der Waals surface area contributed by atoms with Crippen LogP contribution in [0.4, 0.5) is 0 Å². The van der Waals surface area contributed by atoms with E-state index >= 15 is 0 Å². The van der Waals surface area contributed by atoms with Gasteiger partial charge in [0, 0.05) is 0 Å². The Hall–Kier alpha value is -0.0400. The molecule has 0 saturated heterocycles. The van der Waals surface area contributed by atoms with Crippen LogP contribution in [0.15, 0.2) is 0 Å². The number of aliphatic hydroxyl groups is 1. The van der Waals surface area contributed by atoms with Crippen molar-refractivity contribution in [3.63, 3.8) is 0 Å². The highest BCUT2D eigenvalue weighted by molar-refractivity contribution is 4.52. The highest BCUT2D eigenvalue weighted by Crippen LogP contribution is 2.14. The largest absolute Gasteiger partial charge is 0.393 e. The second-order valence-electron chi connectivity index (χ2n) is 7.06. The Morgan fingerprint density at radius 3 is 1.10 bits per heavy atom. The molecule has 0 aliphatic carbocycles. The van der Waals surface area contributed by atoms with Crippen molar-refractivity contribution in [2.45, 2.75) is 117 Å². The van der Waals surface area contributed by atoms with Crippen LogP contribution in [-0.2, 0) is 0 Å². The molecule has 122 valence electrons. The molecule has 1 unspecified atom stereocenters. The van der Waals surface area contributed by atoms with E-state index < -0.39 is 0 Å². The Kier molecular flexibility index (Phi) is 15.3. The molecule has 1 N–H and O–H groups in total. The monoisotopic (exact) mass is 284 g/mol. The van der Waals surface area contributed by atoms with E-state index in [9.17, 15) is 0 Å². The summed E-state index contributed by atoms with van der Waals surface area (Å²) in [5.41, 5.74) is 0. The van der Waals surface area contributed by atoms with E-state index in [0.717, 1.165) is 12.3 Å². The van der Waals surface area contributed by atoms with E-state index in [1.165, 1.54) is 83.5 Å². The van der Waals surface area contributed by atoms with Gasteiger partial charge in [-0.05, 0) is 19.3 Å².